The van der Waals surface area contributed by atoms with Crippen LogP contribution >= 0.6 is 0 Å². The SMILES string of the molecule is Cc1cc2c(=O)cc(-c3cccc(N)c3)oc2c([N+](=O)[O-])c1C. The summed E-state index contributed by atoms with van der Waals surface area (Å²) in [5, 5.41) is 11.6. The van der Waals surface area contributed by atoms with Crippen LogP contribution in [0.1, 0.15) is 11.1 Å². The second-order valence-electron chi connectivity index (χ2n) is 5.40. The van der Waals surface area contributed by atoms with Gasteiger partial charge in [0.2, 0.25) is 5.58 Å². The summed E-state index contributed by atoms with van der Waals surface area (Å²) < 4.78 is 5.71. The fraction of sp³-hybridized carbons (Fsp3) is 0.118. The average Bonchev–Trinajstić information content (AvgIpc) is 2.49. The molecule has 2 N–H and O–H groups in total. The number of anilines is 1. The van der Waals surface area contributed by atoms with Gasteiger partial charge in [-0.25, -0.2) is 0 Å². The first-order chi connectivity index (χ1) is 10.9. The molecule has 23 heavy (non-hydrogen) atoms. The van der Waals surface area contributed by atoms with E-state index in [1.807, 2.05) is 0 Å². The zero-order valence-electron chi connectivity index (χ0n) is 12.6. The number of benzene rings is 2. The smallest absolute Gasteiger partial charge is 0.315 e. The van der Waals surface area contributed by atoms with Crippen molar-refractivity contribution in [3.05, 3.63) is 67.9 Å². The Bertz CT molecular complexity index is 1010. The number of nitrogen functional groups attached to an aromatic ring is 1. The lowest BCUT2D eigenvalue weighted by Crippen LogP contribution is -2.05. The third-order valence-corrected chi connectivity index (χ3v) is 3.86. The Hall–Kier alpha value is -3.15. The van der Waals surface area contributed by atoms with Crippen LogP contribution in [0.5, 0.6) is 0 Å². The second-order valence-corrected chi connectivity index (χ2v) is 5.40. The molecule has 0 aliphatic heterocycles. The number of nitro groups is 1. The molecule has 0 fully saturated rings. The Labute approximate surface area is 131 Å². The van der Waals surface area contributed by atoms with Crippen molar-refractivity contribution in [2.45, 2.75) is 13.8 Å². The minimum Gasteiger partial charge on any atom is -0.449 e. The Morgan fingerprint density at radius 3 is 2.57 bits per heavy atom. The summed E-state index contributed by atoms with van der Waals surface area (Å²) in [6.07, 6.45) is 0. The number of aryl methyl sites for hydroxylation is 1. The summed E-state index contributed by atoms with van der Waals surface area (Å²) >= 11 is 0. The number of hydrogen-bond donors (Lipinski definition) is 1. The number of fused-ring (bicyclic) bond motifs is 1. The molecule has 1 heterocycles. The molecule has 0 unspecified atom stereocenters. The van der Waals surface area contributed by atoms with Crippen molar-refractivity contribution in [3.8, 4) is 11.3 Å². The van der Waals surface area contributed by atoms with Gasteiger partial charge in [-0.3, -0.25) is 14.9 Å². The van der Waals surface area contributed by atoms with Crippen LogP contribution in [0.4, 0.5) is 11.4 Å². The van der Waals surface area contributed by atoms with Gasteiger partial charge in [0.25, 0.3) is 0 Å². The molecule has 0 radical (unpaired) electrons. The molecule has 6 nitrogen and oxygen atoms in total. The minimum absolute atomic E-state index is 0.0111. The molecule has 3 rings (SSSR count). The summed E-state index contributed by atoms with van der Waals surface area (Å²) in [5.74, 6) is 0.251. The van der Waals surface area contributed by atoms with E-state index in [2.05, 4.69) is 0 Å². The lowest BCUT2D eigenvalue weighted by molar-refractivity contribution is -0.384. The van der Waals surface area contributed by atoms with Gasteiger partial charge in [0.1, 0.15) is 5.76 Å². The topological polar surface area (TPSA) is 99.4 Å². The zero-order chi connectivity index (χ0) is 16.7. The van der Waals surface area contributed by atoms with E-state index < -0.39 is 4.92 Å². The molecule has 0 aliphatic carbocycles. The molecule has 0 atom stereocenters. The quantitative estimate of drug-likeness (QED) is 0.443. The van der Waals surface area contributed by atoms with Gasteiger partial charge in [0, 0.05) is 22.9 Å². The van der Waals surface area contributed by atoms with Crippen molar-refractivity contribution in [2.75, 3.05) is 5.73 Å². The van der Waals surface area contributed by atoms with E-state index >= 15 is 0 Å². The van der Waals surface area contributed by atoms with E-state index in [1.165, 1.54) is 6.07 Å². The third kappa shape index (κ3) is 2.44. The van der Waals surface area contributed by atoms with Crippen LogP contribution in [0.3, 0.4) is 0 Å². The number of nitrogens with zero attached hydrogens (tertiary/aromatic N) is 1. The van der Waals surface area contributed by atoms with E-state index in [-0.39, 0.29) is 27.8 Å². The maximum Gasteiger partial charge on any atom is 0.315 e. The molecule has 116 valence electrons. The molecule has 0 saturated heterocycles. The molecule has 0 aliphatic rings. The van der Waals surface area contributed by atoms with Gasteiger partial charge in [-0.2, -0.15) is 0 Å². The summed E-state index contributed by atoms with van der Waals surface area (Å²) in [7, 11) is 0. The van der Waals surface area contributed by atoms with Crippen molar-refractivity contribution in [1.82, 2.24) is 0 Å². The first-order valence-corrected chi connectivity index (χ1v) is 6.97. The lowest BCUT2D eigenvalue weighted by atomic mass is 10.0. The predicted molar refractivity (Wildman–Crippen MR) is 88.5 cm³/mol. The van der Waals surface area contributed by atoms with Gasteiger partial charge >= 0.3 is 5.69 Å². The van der Waals surface area contributed by atoms with Crippen LogP contribution in [0.25, 0.3) is 22.3 Å². The van der Waals surface area contributed by atoms with Gasteiger partial charge in [0.15, 0.2) is 5.43 Å². The first-order valence-electron chi connectivity index (χ1n) is 6.97. The molecule has 0 saturated carbocycles. The van der Waals surface area contributed by atoms with Crippen LogP contribution in [0.2, 0.25) is 0 Å². The Kier molecular flexibility index (Phi) is 3.37. The zero-order valence-corrected chi connectivity index (χ0v) is 12.6. The molecule has 0 amide bonds. The highest BCUT2D eigenvalue weighted by molar-refractivity contribution is 5.89. The van der Waals surface area contributed by atoms with Crippen LogP contribution in [0.15, 0.2) is 45.6 Å². The Balaban J connectivity index is 2.42. The molecular formula is C17H14N2O4. The maximum absolute atomic E-state index is 12.4. The highest BCUT2D eigenvalue weighted by Crippen LogP contribution is 2.33. The van der Waals surface area contributed by atoms with E-state index in [9.17, 15) is 14.9 Å². The Morgan fingerprint density at radius 2 is 1.91 bits per heavy atom. The lowest BCUT2D eigenvalue weighted by Gasteiger charge is -2.08. The number of rotatable bonds is 2. The van der Waals surface area contributed by atoms with Crippen molar-refractivity contribution in [2.24, 2.45) is 0 Å². The van der Waals surface area contributed by atoms with Crippen molar-refractivity contribution < 1.29 is 9.34 Å². The monoisotopic (exact) mass is 310 g/mol. The van der Waals surface area contributed by atoms with Gasteiger partial charge in [-0.15, -0.1) is 0 Å². The normalized spacial score (nSPS) is 10.9. The van der Waals surface area contributed by atoms with Gasteiger partial charge in [-0.1, -0.05) is 12.1 Å². The van der Waals surface area contributed by atoms with Crippen molar-refractivity contribution in [3.63, 3.8) is 0 Å². The summed E-state index contributed by atoms with van der Waals surface area (Å²) in [5.41, 5.74) is 7.49. The van der Waals surface area contributed by atoms with Gasteiger partial charge in [0.05, 0.1) is 10.3 Å². The fourth-order valence-corrected chi connectivity index (χ4v) is 2.55. The van der Waals surface area contributed by atoms with Crippen LogP contribution in [-0.4, -0.2) is 4.92 Å². The second kappa shape index (κ2) is 5.24. The molecule has 3 aromatic rings. The highest BCUT2D eigenvalue weighted by Gasteiger charge is 2.22. The van der Waals surface area contributed by atoms with E-state index in [4.69, 9.17) is 10.2 Å². The van der Waals surface area contributed by atoms with Crippen molar-refractivity contribution >= 4 is 22.3 Å². The van der Waals surface area contributed by atoms with Crippen LogP contribution in [-0.2, 0) is 0 Å². The van der Waals surface area contributed by atoms with Gasteiger partial charge in [-0.05, 0) is 37.6 Å². The third-order valence-electron chi connectivity index (χ3n) is 3.86. The van der Waals surface area contributed by atoms with E-state index in [0.29, 0.717) is 22.4 Å². The summed E-state index contributed by atoms with van der Waals surface area (Å²) in [6.45, 7) is 3.37. The maximum atomic E-state index is 12.4. The molecule has 1 aromatic heterocycles. The summed E-state index contributed by atoms with van der Waals surface area (Å²) in [4.78, 5) is 23.3. The summed E-state index contributed by atoms with van der Waals surface area (Å²) in [6, 6.07) is 9.76. The number of nitrogens with two attached hydrogens (primary N) is 1. The van der Waals surface area contributed by atoms with E-state index in [0.717, 1.165) is 0 Å². The molecule has 0 spiro atoms. The molecular weight excluding hydrogens is 296 g/mol. The molecule has 0 bridgehead atoms. The van der Waals surface area contributed by atoms with Gasteiger partial charge < -0.3 is 10.2 Å². The van der Waals surface area contributed by atoms with Crippen LogP contribution in [0, 0.1) is 24.0 Å². The molecule has 2 aromatic carbocycles. The molecule has 6 heteroatoms. The van der Waals surface area contributed by atoms with E-state index in [1.54, 1.807) is 44.2 Å². The average molecular weight is 310 g/mol. The largest absolute Gasteiger partial charge is 0.449 e. The highest BCUT2D eigenvalue weighted by atomic mass is 16.6. The standard InChI is InChI=1S/C17H14N2O4/c1-9-6-13-14(20)8-15(11-4-3-5-12(18)7-11)23-17(13)16(10(9)2)19(21)22/h3-8H,18H2,1-2H3. The van der Waals surface area contributed by atoms with Crippen molar-refractivity contribution in [1.29, 1.82) is 0 Å². The number of nitro benzene ring substituents is 1. The predicted octanol–water partition coefficient (Wildman–Crippen LogP) is 3.57. The fourth-order valence-electron chi connectivity index (χ4n) is 2.55. The first kappa shape index (κ1) is 14.8. The van der Waals surface area contributed by atoms with Crippen LogP contribution < -0.4 is 11.2 Å². The minimum atomic E-state index is -0.517. The number of hydrogen-bond acceptors (Lipinski definition) is 5. The Morgan fingerprint density at radius 1 is 1.17 bits per heavy atom.